The molecule has 2 heterocycles. The molecule has 1 aromatic heterocycles. The van der Waals surface area contributed by atoms with Crippen LogP contribution in [0.4, 0.5) is 5.82 Å². The summed E-state index contributed by atoms with van der Waals surface area (Å²) < 4.78 is 27.1. The molecule has 0 radical (unpaired) electrons. The predicted octanol–water partition coefficient (Wildman–Crippen LogP) is 1.99. The van der Waals surface area contributed by atoms with Gasteiger partial charge in [0.05, 0.1) is 16.6 Å². The highest BCUT2D eigenvalue weighted by atomic mass is 32.2. The fourth-order valence-electron chi connectivity index (χ4n) is 2.65. The molecule has 0 aliphatic carbocycles. The third-order valence-corrected chi connectivity index (χ3v) is 5.89. The highest BCUT2D eigenvalue weighted by Crippen LogP contribution is 2.37. The van der Waals surface area contributed by atoms with E-state index in [1.807, 2.05) is 38.1 Å². The predicted molar refractivity (Wildman–Crippen MR) is 88.8 cm³/mol. The summed E-state index contributed by atoms with van der Waals surface area (Å²) in [6, 6.07) is 10.2. The molecule has 3 rings (SSSR count). The fourth-order valence-corrected chi connectivity index (χ4v) is 4.31. The molecular formula is C16H20N4O2S. The monoisotopic (exact) mass is 332 g/mol. The SMILES string of the molecule is Cc1nc([C@H]2CCN2S(=O)(=O)c2ccccc2)cc(N(C)C)n1. The smallest absolute Gasteiger partial charge is 0.243 e. The van der Waals surface area contributed by atoms with Crippen LogP contribution >= 0.6 is 0 Å². The number of hydrogen-bond donors (Lipinski definition) is 0. The molecule has 0 saturated carbocycles. The van der Waals surface area contributed by atoms with Crippen molar-refractivity contribution in [2.75, 3.05) is 25.5 Å². The normalized spacial score (nSPS) is 18.5. The van der Waals surface area contributed by atoms with Gasteiger partial charge in [-0.2, -0.15) is 4.31 Å². The number of anilines is 1. The van der Waals surface area contributed by atoms with Crippen molar-refractivity contribution in [3.8, 4) is 0 Å². The molecule has 1 atom stereocenters. The first-order valence-corrected chi connectivity index (χ1v) is 8.93. The summed E-state index contributed by atoms with van der Waals surface area (Å²) in [5.74, 6) is 1.44. The average Bonchev–Trinajstić information content (AvgIpc) is 2.46. The van der Waals surface area contributed by atoms with Crippen molar-refractivity contribution in [3.63, 3.8) is 0 Å². The van der Waals surface area contributed by atoms with Gasteiger partial charge in [0.25, 0.3) is 0 Å². The Bertz CT molecular complexity index is 806. The molecule has 1 aliphatic heterocycles. The summed E-state index contributed by atoms with van der Waals surface area (Å²) in [6.07, 6.45) is 0.773. The van der Waals surface area contributed by atoms with E-state index in [1.165, 1.54) is 4.31 Å². The van der Waals surface area contributed by atoms with E-state index in [0.29, 0.717) is 17.3 Å². The van der Waals surface area contributed by atoms with E-state index in [1.54, 1.807) is 24.3 Å². The summed E-state index contributed by atoms with van der Waals surface area (Å²) in [7, 11) is 0.329. The number of sulfonamides is 1. The van der Waals surface area contributed by atoms with Crippen molar-refractivity contribution in [2.24, 2.45) is 0 Å². The van der Waals surface area contributed by atoms with Crippen LogP contribution in [0.5, 0.6) is 0 Å². The molecule has 2 aromatic rings. The van der Waals surface area contributed by atoms with Crippen molar-refractivity contribution in [1.29, 1.82) is 0 Å². The molecule has 1 aromatic carbocycles. The minimum Gasteiger partial charge on any atom is -0.363 e. The molecule has 0 unspecified atom stereocenters. The fraction of sp³-hybridized carbons (Fsp3) is 0.375. The summed E-state index contributed by atoms with van der Waals surface area (Å²) >= 11 is 0. The molecule has 1 fully saturated rings. The maximum atomic E-state index is 12.8. The second kappa shape index (κ2) is 5.90. The molecule has 1 aliphatic rings. The number of benzene rings is 1. The molecule has 0 spiro atoms. The first-order valence-electron chi connectivity index (χ1n) is 7.49. The topological polar surface area (TPSA) is 66.4 Å². The number of rotatable bonds is 4. The van der Waals surface area contributed by atoms with Crippen LogP contribution in [0.25, 0.3) is 0 Å². The van der Waals surface area contributed by atoms with Gasteiger partial charge in [-0.3, -0.25) is 0 Å². The zero-order chi connectivity index (χ0) is 16.6. The third-order valence-electron chi connectivity index (χ3n) is 3.96. The second-order valence-electron chi connectivity index (χ2n) is 5.83. The van der Waals surface area contributed by atoms with Crippen LogP contribution in [0.3, 0.4) is 0 Å². The molecule has 122 valence electrons. The van der Waals surface area contributed by atoms with Gasteiger partial charge in [-0.15, -0.1) is 0 Å². The molecule has 6 nitrogen and oxygen atoms in total. The molecule has 1 saturated heterocycles. The Morgan fingerprint density at radius 2 is 1.87 bits per heavy atom. The average molecular weight is 332 g/mol. The van der Waals surface area contributed by atoms with Gasteiger partial charge in [0.2, 0.25) is 10.0 Å². The van der Waals surface area contributed by atoms with Gasteiger partial charge in [0, 0.05) is 26.7 Å². The molecule has 0 amide bonds. The van der Waals surface area contributed by atoms with E-state index in [9.17, 15) is 8.42 Å². The lowest BCUT2D eigenvalue weighted by Gasteiger charge is -2.39. The van der Waals surface area contributed by atoms with Gasteiger partial charge in [0.15, 0.2) is 0 Å². The van der Waals surface area contributed by atoms with Gasteiger partial charge in [-0.25, -0.2) is 18.4 Å². The Kier molecular flexibility index (Phi) is 4.08. The zero-order valence-electron chi connectivity index (χ0n) is 13.5. The number of nitrogens with zero attached hydrogens (tertiary/aromatic N) is 4. The summed E-state index contributed by atoms with van der Waals surface area (Å²) in [5.41, 5.74) is 0.756. The van der Waals surface area contributed by atoms with E-state index in [2.05, 4.69) is 9.97 Å². The van der Waals surface area contributed by atoms with E-state index in [4.69, 9.17) is 0 Å². The highest BCUT2D eigenvalue weighted by molar-refractivity contribution is 7.89. The quantitative estimate of drug-likeness (QED) is 0.856. The Morgan fingerprint density at radius 1 is 1.17 bits per heavy atom. The maximum absolute atomic E-state index is 12.8. The maximum Gasteiger partial charge on any atom is 0.243 e. The van der Waals surface area contributed by atoms with Crippen LogP contribution in [0.15, 0.2) is 41.3 Å². The first kappa shape index (κ1) is 15.9. The third kappa shape index (κ3) is 2.94. The van der Waals surface area contributed by atoms with Gasteiger partial charge < -0.3 is 4.90 Å². The molecule has 7 heteroatoms. The van der Waals surface area contributed by atoms with E-state index in [-0.39, 0.29) is 6.04 Å². The zero-order valence-corrected chi connectivity index (χ0v) is 14.3. The van der Waals surface area contributed by atoms with Gasteiger partial charge in [0.1, 0.15) is 11.6 Å². The minimum atomic E-state index is -3.49. The van der Waals surface area contributed by atoms with Gasteiger partial charge in [-0.1, -0.05) is 18.2 Å². The lowest BCUT2D eigenvalue weighted by Crippen LogP contribution is -2.45. The van der Waals surface area contributed by atoms with Crippen molar-refractivity contribution in [2.45, 2.75) is 24.3 Å². The standard InChI is InChI=1S/C16H20N4O2S/c1-12-17-14(11-16(18-12)19(2)3)15-9-10-20(15)23(21,22)13-7-5-4-6-8-13/h4-8,11,15H,9-10H2,1-3H3/t15-/m1/s1. The van der Waals surface area contributed by atoms with E-state index >= 15 is 0 Å². The Hall–Kier alpha value is -1.99. The number of hydrogen-bond acceptors (Lipinski definition) is 5. The van der Waals surface area contributed by atoms with E-state index in [0.717, 1.165) is 17.9 Å². The van der Waals surface area contributed by atoms with Crippen LogP contribution in [0.1, 0.15) is 24.0 Å². The lowest BCUT2D eigenvalue weighted by atomic mass is 10.0. The van der Waals surface area contributed by atoms with Crippen LogP contribution in [0, 0.1) is 6.92 Å². The highest BCUT2D eigenvalue weighted by Gasteiger charge is 2.40. The summed E-state index contributed by atoms with van der Waals surface area (Å²) in [6.45, 7) is 2.34. The van der Waals surface area contributed by atoms with Crippen LogP contribution in [0.2, 0.25) is 0 Å². The Labute approximate surface area is 136 Å². The summed E-state index contributed by atoms with van der Waals surface area (Å²) in [5, 5.41) is 0. The minimum absolute atomic E-state index is 0.222. The molecular weight excluding hydrogens is 312 g/mol. The lowest BCUT2D eigenvalue weighted by molar-refractivity contribution is 0.197. The van der Waals surface area contributed by atoms with Crippen molar-refractivity contribution >= 4 is 15.8 Å². The molecule has 0 bridgehead atoms. The first-order chi connectivity index (χ1) is 10.9. The largest absolute Gasteiger partial charge is 0.363 e. The van der Waals surface area contributed by atoms with Crippen molar-refractivity contribution < 1.29 is 8.42 Å². The molecule has 23 heavy (non-hydrogen) atoms. The second-order valence-corrected chi connectivity index (χ2v) is 7.72. The summed E-state index contributed by atoms with van der Waals surface area (Å²) in [4.78, 5) is 11.0. The van der Waals surface area contributed by atoms with Crippen molar-refractivity contribution in [3.05, 3.63) is 47.9 Å². The van der Waals surface area contributed by atoms with Crippen LogP contribution in [-0.2, 0) is 10.0 Å². The number of aromatic nitrogens is 2. The van der Waals surface area contributed by atoms with Gasteiger partial charge in [-0.05, 0) is 25.5 Å². The van der Waals surface area contributed by atoms with Crippen molar-refractivity contribution in [1.82, 2.24) is 14.3 Å². The van der Waals surface area contributed by atoms with Crippen LogP contribution in [-0.4, -0.2) is 43.3 Å². The van der Waals surface area contributed by atoms with E-state index < -0.39 is 10.0 Å². The molecule has 0 N–H and O–H groups in total. The van der Waals surface area contributed by atoms with Gasteiger partial charge >= 0.3 is 0 Å². The van der Waals surface area contributed by atoms with Crippen LogP contribution < -0.4 is 4.90 Å². The number of aryl methyl sites for hydroxylation is 1. The Morgan fingerprint density at radius 3 is 2.43 bits per heavy atom. The Balaban J connectivity index is 1.94.